The van der Waals surface area contributed by atoms with Crippen LogP contribution in [0.15, 0.2) is 4.52 Å². The lowest BCUT2D eigenvalue weighted by molar-refractivity contribution is 0.363. The van der Waals surface area contributed by atoms with Crippen molar-refractivity contribution in [3.05, 3.63) is 11.7 Å². The van der Waals surface area contributed by atoms with Gasteiger partial charge in [0.2, 0.25) is 5.89 Å². The summed E-state index contributed by atoms with van der Waals surface area (Å²) in [5, 5.41) is 7.30. The van der Waals surface area contributed by atoms with Gasteiger partial charge in [-0.1, -0.05) is 12.1 Å². The van der Waals surface area contributed by atoms with Gasteiger partial charge in [-0.05, 0) is 37.5 Å². The van der Waals surface area contributed by atoms with Gasteiger partial charge in [-0.2, -0.15) is 16.7 Å². The third-order valence-electron chi connectivity index (χ3n) is 2.50. The van der Waals surface area contributed by atoms with E-state index in [0.717, 1.165) is 29.8 Å². The van der Waals surface area contributed by atoms with Crippen LogP contribution in [0.25, 0.3) is 0 Å². The molecule has 1 saturated carbocycles. The molecular weight excluding hydrogens is 222 g/mol. The minimum absolute atomic E-state index is 0.710. The highest BCUT2D eigenvalue weighted by Crippen LogP contribution is 2.27. The second kappa shape index (κ2) is 6.25. The van der Waals surface area contributed by atoms with Gasteiger partial charge in [0.05, 0.1) is 12.3 Å². The maximum atomic E-state index is 5.16. The molecular formula is C11H19N3OS. The molecule has 2 rings (SSSR count). The van der Waals surface area contributed by atoms with E-state index in [9.17, 15) is 0 Å². The van der Waals surface area contributed by atoms with Gasteiger partial charge in [-0.3, -0.25) is 0 Å². The van der Waals surface area contributed by atoms with E-state index in [0.29, 0.717) is 12.4 Å². The molecule has 0 bridgehead atoms. The summed E-state index contributed by atoms with van der Waals surface area (Å²) < 4.78 is 5.16. The minimum Gasteiger partial charge on any atom is -0.338 e. The summed E-state index contributed by atoms with van der Waals surface area (Å²) in [6, 6.07) is 0. The van der Waals surface area contributed by atoms with Gasteiger partial charge in [0.1, 0.15) is 0 Å². The van der Waals surface area contributed by atoms with E-state index in [1.54, 1.807) is 0 Å². The van der Waals surface area contributed by atoms with Gasteiger partial charge in [0, 0.05) is 0 Å². The summed E-state index contributed by atoms with van der Waals surface area (Å²) in [6.07, 6.45) is 3.93. The van der Waals surface area contributed by atoms with Gasteiger partial charge in [-0.25, -0.2) is 0 Å². The van der Waals surface area contributed by atoms with E-state index in [1.165, 1.54) is 19.3 Å². The quantitative estimate of drug-likeness (QED) is 0.707. The summed E-state index contributed by atoms with van der Waals surface area (Å²) >= 11 is 1.85. The summed E-state index contributed by atoms with van der Waals surface area (Å²) in [5.41, 5.74) is 0. The van der Waals surface area contributed by atoms with E-state index in [1.807, 2.05) is 11.8 Å². The fraction of sp³-hybridized carbons (Fsp3) is 0.818. The highest BCUT2D eigenvalue weighted by atomic mass is 32.2. The molecule has 0 spiro atoms. The largest absolute Gasteiger partial charge is 0.338 e. The molecule has 0 radical (unpaired) electrons. The van der Waals surface area contributed by atoms with Crippen molar-refractivity contribution in [2.45, 2.75) is 38.5 Å². The lowest BCUT2D eigenvalue weighted by Gasteiger charge is -1.97. The zero-order chi connectivity index (χ0) is 11.2. The topological polar surface area (TPSA) is 51.0 Å². The molecule has 0 unspecified atom stereocenters. The van der Waals surface area contributed by atoms with Crippen LogP contribution in [-0.4, -0.2) is 22.4 Å². The first-order chi connectivity index (χ1) is 7.88. The SMILES string of the molecule is CCCSCc1noc(CNCC2CC2)n1. The van der Waals surface area contributed by atoms with Crippen molar-refractivity contribution in [1.82, 2.24) is 15.5 Å². The molecule has 5 heteroatoms. The zero-order valence-electron chi connectivity index (χ0n) is 9.74. The number of thioether (sulfide) groups is 1. The number of aromatic nitrogens is 2. The molecule has 0 aromatic carbocycles. The predicted molar refractivity (Wildman–Crippen MR) is 65.2 cm³/mol. The Morgan fingerprint density at radius 2 is 2.38 bits per heavy atom. The van der Waals surface area contributed by atoms with Crippen molar-refractivity contribution in [2.24, 2.45) is 5.92 Å². The van der Waals surface area contributed by atoms with Crippen molar-refractivity contribution in [1.29, 1.82) is 0 Å². The molecule has 1 heterocycles. The summed E-state index contributed by atoms with van der Waals surface area (Å²) in [7, 11) is 0. The van der Waals surface area contributed by atoms with Crippen LogP contribution in [0.4, 0.5) is 0 Å². The normalized spacial score (nSPS) is 15.6. The first kappa shape index (κ1) is 11.9. The molecule has 1 N–H and O–H groups in total. The van der Waals surface area contributed by atoms with Crippen molar-refractivity contribution < 1.29 is 4.52 Å². The molecule has 1 aliphatic rings. The molecule has 1 aliphatic carbocycles. The molecule has 0 aliphatic heterocycles. The molecule has 1 fully saturated rings. The molecule has 0 amide bonds. The predicted octanol–water partition coefficient (Wildman–Crippen LogP) is 2.21. The summed E-state index contributed by atoms with van der Waals surface area (Å²) in [4.78, 5) is 4.34. The van der Waals surface area contributed by atoms with E-state index in [2.05, 4.69) is 22.4 Å². The molecule has 1 aromatic rings. The molecule has 16 heavy (non-hydrogen) atoms. The van der Waals surface area contributed by atoms with Crippen LogP contribution in [0, 0.1) is 5.92 Å². The molecule has 1 aromatic heterocycles. The fourth-order valence-corrected chi connectivity index (χ4v) is 2.17. The van der Waals surface area contributed by atoms with Crippen LogP contribution in [0.1, 0.15) is 37.9 Å². The third kappa shape index (κ3) is 4.14. The van der Waals surface area contributed by atoms with Crippen molar-refractivity contribution in [2.75, 3.05) is 12.3 Å². The first-order valence-electron chi connectivity index (χ1n) is 5.98. The maximum Gasteiger partial charge on any atom is 0.240 e. The molecule has 0 atom stereocenters. The summed E-state index contributed by atoms with van der Waals surface area (Å²) in [5.74, 6) is 4.45. The fourth-order valence-electron chi connectivity index (χ4n) is 1.43. The van der Waals surface area contributed by atoms with Crippen LogP contribution in [0.5, 0.6) is 0 Å². The number of nitrogens with one attached hydrogen (secondary N) is 1. The summed E-state index contributed by atoms with van der Waals surface area (Å²) in [6.45, 7) is 3.97. The van der Waals surface area contributed by atoms with Gasteiger partial charge < -0.3 is 9.84 Å². The second-order valence-electron chi connectivity index (χ2n) is 4.23. The number of hydrogen-bond donors (Lipinski definition) is 1. The monoisotopic (exact) mass is 241 g/mol. The van der Waals surface area contributed by atoms with Crippen molar-refractivity contribution >= 4 is 11.8 Å². The van der Waals surface area contributed by atoms with Crippen LogP contribution in [-0.2, 0) is 12.3 Å². The minimum atomic E-state index is 0.710. The second-order valence-corrected chi connectivity index (χ2v) is 5.34. The molecule has 0 saturated heterocycles. The Balaban J connectivity index is 1.64. The lowest BCUT2D eigenvalue weighted by Crippen LogP contribution is -2.16. The number of hydrogen-bond acceptors (Lipinski definition) is 5. The van der Waals surface area contributed by atoms with Gasteiger partial charge in [0.25, 0.3) is 0 Å². The van der Waals surface area contributed by atoms with E-state index in [4.69, 9.17) is 4.52 Å². The number of nitrogens with zero attached hydrogens (tertiary/aromatic N) is 2. The van der Waals surface area contributed by atoms with Crippen LogP contribution in [0.2, 0.25) is 0 Å². The average molecular weight is 241 g/mol. The molecule has 90 valence electrons. The smallest absolute Gasteiger partial charge is 0.240 e. The number of rotatable bonds is 8. The highest BCUT2D eigenvalue weighted by Gasteiger charge is 2.20. The zero-order valence-corrected chi connectivity index (χ0v) is 10.6. The van der Waals surface area contributed by atoms with Crippen molar-refractivity contribution in [3.63, 3.8) is 0 Å². The Morgan fingerprint density at radius 1 is 1.50 bits per heavy atom. The maximum absolute atomic E-state index is 5.16. The average Bonchev–Trinajstić information content (AvgIpc) is 2.99. The van der Waals surface area contributed by atoms with E-state index < -0.39 is 0 Å². The van der Waals surface area contributed by atoms with Crippen LogP contribution < -0.4 is 5.32 Å². The Morgan fingerprint density at radius 3 is 3.12 bits per heavy atom. The standard InChI is InChI=1S/C11H19N3OS/c1-2-5-16-8-10-13-11(15-14-10)7-12-6-9-3-4-9/h9,12H,2-8H2,1H3. The van der Waals surface area contributed by atoms with Gasteiger partial charge in [-0.15, -0.1) is 0 Å². The Hall–Kier alpha value is -0.550. The lowest BCUT2D eigenvalue weighted by atomic mass is 10.4. The first-order valence-corrected chi connectivity index (χ1v) is 7.14. The third-order valence-corrected chi connectivity index (χ3v) is 3.66. The van der Waals surface area contributed by atoms with Crippen LogP contribution >= 0.6 is 11.8 Å². The van der Waals surface area contributed by atoms with E-state index >= 15 is 0 Å². The molecule has 4 nitrogen and oxygen atoms in total. The van der Waals surface area contributed by atoms with Gasteiger partial charge >= 0.3 is 0 Å². The van der Waals surface area contributed by atoms with Crippen molar-refractivity contribution in [3.8, 4) is 0 Å². The Labute approximate surface area is 101 Å². The Bertz CT molecular complexity index is 312. The van der Waals surface area contributed by atoms with Crippen LogP contribution in [0.3, 0.4) is 0 Å². The van der Waals surface area contributed by atoms with E-state index in [-0.39, 0.29) is 0 Å². The Kier molecular flexibility index (Phi) is 4.66. The van der Waals surface area contributed by atoms with Gasteiger partial charge in [0.15, 0.2) is 5.82 Å². The highest BCUT2D eigenvalue weighted by molar-refractivity contribution is 7.98.